The van der Waals surface area contributed by atoms with Crippen LogP contribution in [0.4, 0.5) is 0 Å². The molecule has 2 aliphatic carbocycles. The molecular formula is C21H30N2O3. The minimum absolute atomic E-state index is 0.0446. The second-order valence-corrected chi connectivity index (χ2v) is 8.65. The highest BCUT2D eigenvalue weighted by Crippen LogP contribution is 2.48. The Balaban J connectivity index is 1.74. The van der Waals surface area contributed by atoms with Gasteiger partial charge in [-0.25, -0.2) is 0 Å². The predicted molar refractivity (Wildman–Crippen MR) is 101 cm³/mol. The van der Waals surface area contributed by atoms with Crippen molar-refractivity contribution in [2.45, 2.75) is 50.1 Å². The predicted octanol–water partition coefficient (Wildman–Crippen LogP) is 2.38. The molecule has 4 rings (SSSR count). The molecule has 2 fully saturated rings. The second-order valence-electron chi connectivity index (χ2n) is 8.65. The lowest BCUT2D eigenvalue weighted by Crippen LogP contribution is -2.67. The number of fused-ring (bicyclic) bond motifs is 4. The van der Waals surface area contributed by atoms with Crippen LogP contribution in [-0.2, 0) is 16.6 Å². The van der Waals surface area contributed by atoms with E-state index < -0.39 is 5.97 Å². The van der Waals surface area contributed by atoms with Gasteiger partial charge in [0.05, 0.1) is 13.7 Å². The molecule has 0 aromatic heterocycles. The maximum absolute atomic E-state index is 11.4. The van der Waals surface area contributed by atoms with Crippen LogP contribution in [0.1, 0.15) is 37.3 Å². The van der Waals surface area contributed by atoms with Crippen LogP contribution in [0.25, 0.3) is 0 Å². The number of likely N-dealkylation sites (N-methyl/N-ethyl adjacent to an activating group) is 1. The standard InChI is InChI=1S/C21H30N2O3/c1-21-8-9-23(12-14-4-5-14)18(20(21)22(2)13-19(24)25)10-15-6-7-16(26-3)11-17(15)21/h6-7,11,14,18,20H,4-5,8-10,12-13H2,1-3H3,(H,24,25)/t18-,20-,21+/m1/s1. The molecule has 1 saturated carbocycles. The van der Waals surface area contributed by atoms with Crippen molar-refractivity contribution in [3.05, 3.63) is 29.3 Å². The SMILES string of the molecule is COc1ccc2c(c1)[C@]1(C)CCN(CC3CC3)[C@H](C2)[C@H]1N(C)CC(=O)O. The van der Waals surface area contributed by atoms with E-state index in [1.807, 2.05) is 7.05 Å². The summed E-state index contributed by atoms with van der Waals surface area (Å²) < 4.78 is 5.49. The molecule has 5 nitrogen and oxygen atoms in total. The van der Waals surface area contributed by atoms with Gasteiger partial charge in [-0.1, -0.05) is 13.0 Å². The molecule has 1 N–H and O–H groups in total. The van der Waals surface area contributed by atoms with Crippen LogP contribution in [-0.4, -0.2) is 66.8 Å². The van der Waals surface area contributed by atoms with Gasteiger partial charge in [-0.3, -0.25) is 14.6 Å². The fourth-order valence-electron chi connectivity index (χ4n) is 5.42. The Labute approximate surface area is 155 Å². The third-order valence-electron chi connectivity index (χ3n) is 6.82. The van der Waals surface area contributed by atoms with Crippen molar-refractivity contribution in [3.8, 4) is 5.75 Å². The van der Waals surface area contributed by atoms with E-state index in [-0.39, 0.29) is 18.0 Å². The number of carboxylic acids is 1. The summed E-state index contributed by atoms with van der Waals surface area (Å²) in [7, 11) is 3.69. The van der Waals surface area contributed by atoms with Crippen molar-refractivity contribution < 1.29 is 14.6 Å². The van der Waals surface area contributed by atoms with Crippen molar-refractivity contribution in [1.29, 1.82) is 0 Å². The third-order valence-corrected chi connectivity index (χ3v) is 6.82. The molecule has 3 atom stereocenters. The number of benzene rings is 1. The van der Waals surface area contributed by atoms with Crippen LogP contribution in [0.5, 0.6) is 5.75 Å². The van der Waals surface area contributed by atoms with Crippen molar-refractivity contribution in [2.24, 2.45) is 5.92 Å². The molecule has 1 aliphatic heterocycles. The summed E-state index contributed by atoms with van der Waals surface area (Å²) in [6.45, 7) is 4.69. The van der Waals surface area contributed by atoms with Gasteiger partial charge in [0, 0.05) is 24.0 Å². The maximum atomic E-state index is 11.4. The monoisotopic (exact) mass is 358 g/mol. The van der Waals surface area contributed by atoms with E-state index in [0.717, 1.165) is 31.1 Å². The van der Waals surface area contributed by atoms with E-state index in [0.29, 0.717) is 6.04 Å². The summed E-state index contributed by atoms with van der Waals surface area (Å²) in [6.07, 6.45) is 4.76. The zero-order chi connectivity index (χ0) is 18.5. The number of hydrogen-bond donors (Lipinski definition) is 1. The molecule has 5 heteroatoms. The van der Waals surface area contributed by atoms with Gasteiger partial charge in [0.25, 0.3) is 0 Å². The Bertz CT molecular complexity index is 702. The van der Waals surface area contributed by atoms with Crippen LogP contribution in [0.3, 0.4) is 0 Å². The zero-order valence-corrected chi connectivity index (χ0v) is 16.1. The smallest absolute Gasteiger partial charge is 0.317 e. The first-order chi connectivity index (χ1) is 12.4. The van der Waals surface area contributed by atoms with Crippen molar-refractivity contribution in [3.63, 3.8) is 0 Å². The topological polar surface area (TPSA) is 53.0 Å². The lowest BCUT2D eigenvalue weighted by molar-refractivity contribution is -0.140. The Morgan fingerprint density at radius 2 is 2.19 bits per heavy atom. The number of nitrogens with zero attached hydrogens (tertiary/aromatic N) is 2. The number of ether oxygens (including phenoxy) is 1. The molecule has 0 unspecified atom stereocenters. The molecule has 1 aromatic carbocycles. The summed E-state index contributed by atoms with van der Waals surface area (Å²) in [6, 6.07) is 7.06. The van der Waals surface area contributed by atoms with Gasteiger partial charge in [-0.15, -0.1) is 0 Å². The van der Waals surface area contributed by atoms with Crippen molar-refractivity contribution in [2.75, 3.05) is 33.8 Å². The summed E-state index contributed by atoms with van der Waals surface area (Å²) >= 11 is 0. The Morgan fingerprint density at radius 3 is 2.85 bits per heavy atom. The van der Waals surface area contributed by atoms with E-state index in [1.165, 1.54) is 30.5 Å². The molecule has 0 radical (unpaired) electrons. The number of carboxylic acid groups (broad SMARTS) is 1. The van der Waals surface area contributed by atoms with Gasteiger partial charge in [-0.05, 0) is 68.5 Å². The molecule has 0 amide bonds. The number of likely N-dealkylation sites (tertiary alicyclic amines) is 1. The first-order valence-corrected chi connectivity index (χ1v) is 9.76. The molecule has 2 bridgehead atoms. The number of carbonyl (C=O) groups is 1. The van der Waals surface area contributed by atoms with E-state index in [1.54, 1.807) is 7.11 Å². The van der Waals surface area contributed by atoms with Crippen molar-refractivity contribution >= 4 is 5.97 Å². The highest BCUT2D eigenvalue weighted by Gasteiger charge is 2.53. The Morgan fingerprint density at radius 1 is 1.42 bits per heavy atom. The molecule has 1 heterocycles. The molecule has 0 spiro atoms. The third kappa shape index (κ3) is 3.01. The molecule has 26 heavy (non-hydrogen) atoms. The minimum Gasteiger partial charge on any atom is -0.497 e. The molecule has 142 valence electrons. The van der Waals surface area contributed by atoms with Crippen LogP contribution in [0.15, 0.2) is 18.2 Å². The number of hydrogen-bond acceptors (Lipinski definition) is 4. The minimum atomic E-state index is -0.751. The highest BCUT2D eigenvalue weighted by molar-refractivity contribution is 5.69. The Kier molecular flexibility index (Phi) is 4.48. The van der Waals surface area contributed by atoms with Gasteiger partial charge in [0.1, 0.15) is 5.75 Å². The summed E-state index contributed by atoms with van der Waals surface area (Å²) in [4.78, 5) is 16.1. The first-order valence-electron chi connectivity index (χ1n) is 9.76. The van der Waals surface area contributed by atoms with Crippen LogP contribution in [0, 0.1) is 5.92 Å². The van der Waals surface area contributed by atoms with Crippen LogP contribution in [0.2, 0.25) is 0 Å². The zero-order valence-electron chi connectivity index (χ0n) is 16.1. The van der Waals surface area contributed by atoms with E-state index in [4.69, 9.17) is 4.74 Å². The van der Waals surface area contributed by atoms with Gasteiger partial charge >= 0.3 is 5.97 Å². The normalized spacial score (nSPS) is 30.9. The summed E-state index contributed by atoms with van der Waals surface area (Å²) in [5, 5.41) is 9.39. The fraction of sp³-hybridized carbons (Fsp3) is 0.667. The molecule has 3 aliphatic rings. The number of methoxy groups -OCH3 is 1. The highest BCUT2D eigenvalue weighted by atomic mass is 16.5. The lowest BCUT2D eigenvalue weighted by atomic mass is 9.61. The number of rotatable bonds is 6. The Hall–Kier alpha value is -1.59. The van der Waals surface area contributed by atoms with Gasteiger partial charge < -0.3 is 9.84 Å². The van der Waals surface area contributed by atoms with Crippen LogP contribution < -0.4 is 4.74 Å². The average Bonchev–Trinajstić information content (AvgIpc) is 3.40. The lowest BCUT2D eigenvalue weighted by Gasteiger charge is -2.58. The maximum Gasteiger partial charge on any atom is 0.317 e. The number of piperidine rings is 1. The fourth-order valence-corrected chi connectivity index (χ4v) is 5.42. The van der Waals surface area contributed by atoms with Crippen molar-refractivity contribution in [1.82, 2.24) is 9.80 Å². The van der Waals surface area contributed by atoms with Crippen LogP contribution >= 0.6 is 0 Å². The molecule has 1 saturated heterocycles. The summed E-state index contributed by atoms with van der Waals surface area (Å²) in [5.41, 5.74) is 2.71. The van der Waals surface area contributed by atoms with E-state index in [9.17, 15) is 9.90 Å². The second kappa shape index (κ2) is 6.54. The molecule has 1 aromatic rings. The first kappa shape index (κ1) is 17.8. The number of aliphatic carboxylic acids is 1. The van der Waals surface area contributed by atoms with Gasteiger partial charge in [0.2, 0.25) is 0 Å². The van der Waals surface area contributed by atoms with Gasteiger partial charge in [-0.2, -0.15) is 0 Å². The molecular weight excluding hydrogens is 328 g/mol. The summed E-state index contributed by atoms with van der Waals surface area (Å²) in [5.74, 6) is 0.991. The quantitative estimate of drug-likeness (QED) is 0.846. The largest absolute Gasteiger partial charge is 0.497 e. The van der Waals surface area contributed by atoms with E-state index >= 15 is 0 Å². The average molecular weight is 358 g/mol. The van der Waals surface area contributed by atoms with Gasteiger partial charge in [0.15, 0.2) is 0 Å². The van der Waals surface area contributed by atoms with E-state index in [2.05, 4.69) is 34.9 Å².